The van der Waals surface area contributed by atoms with Gasteiger partial charge < -0.3 is 5.32 Å². The van der Waals surface area contributed by atoms with E-state index in [1.807, 2.05) is 13.0 Å². The van der Waals surface area contributed by atoms with Crippen molar-refractivity contribution in [2.45, 2.75) is 13.5 Å². The second-order valence-corrected chi connectivity index (χ2v) is 3.39. The van der Waals surface area contributed by atoms with Gasteiger partial charge in [-0.15, -0.1) is 6.42 Å². The summed E-state index contributed by atoms with van der Waals surface area (Å²) in [6, 6.07) is 1.91. The molecule has 0 aromatic carbocycles. The summed E-state index contributed by atoms with van der Waals surface area (Å²) in [5, 5.41) is 5.61. The van der Waals surface area contributed by atoms with Crippen LogP contribution in [-0.4, -0.2) is 24.0 Å². The molecule has 84 valence electrons. The molecule has 0 saturated carbocycles. The monoisotopic (exact) mass is 217 g/mol. The molecule has 0 aliphatic carbocycles. The Bertz CT molecular complexity index is 395. The molecule has 0 atom stereocenters. The summed E-state index contributed by atoms with van der Waals surface area (Å²) in [5.41, 5.74) is 2.14. The zero-order valence-electron chi connectivity index (χ0n) is 9.29. The van der Waals surface area contributed by atoms with Crippen LogP contribution in [0.15, 0.2) is 18.5 Å². The number of nitrogens with one attached hydrogen (secondary N) is 2. The first-order valence-electron chi connectivity index (χ1n) is 5.04. The number of hydrogen-bond acceptors (Lipinski definition) is 3. The summed E-state index contributed by atoms with van der Waals surface area (Å²) in [4.78, 5) is 15.3. The van der Waals surface area contributed by atoms with E-state index < -0.39 is 0 Å². The Labute approximate surface area is 95.5 Å². The highest BCUT2D eigenvalue weighted by Gasteiger charge is 2.01. The van der Waals surface area contributed by atoms with Gasteiger partial charge in [0.1, 0.15) is 0 Å². The maximum atomic E-state index is 11.3. The second-order valence-electron chi connectivity index (χ2n) is 3.39. The summed E-state index contributed by atoms with van der Waals surface area (Å²) >= 11 is 0. The van der Waals surface area contributed by atoms with Crippen molar-refractivity contribution in [3.63, 3.8) is 0 Å². The van der Waals surface area contributed by atoms with E-state index in [0.717, 1.165) is 11.1 Å². The average Bonchev–Trinajstić information content (AvgIpc) is 2.28. The fourth-order valence-electron chi connectivity index (χ4n) is 1.19. The maximum absolute atomic E-state index is 11.3. The lowest BCUT2D eigenvalue weighted by atomic mass is 10.1. The third kappa shape index (κ3) is 4.11. The number of carbonyl (C=O) groups excluding carboxylic acids is 1. The first-order valence-corrected chi connectivity index (χ1v) is 5.04. The molecule has 0 aliphatic rings. The molecule has 0 aliphatic heterocycles. The van der Waals surface area contributed by atoms with Crippen LogP contribution < -0.4 is 10.6 Å². The predicted octanol–water partition coefficient (Wildman–Crippen LogP) is 0.229. The third-order valence-electron chi connectivity index (χ3n) is 2.14. The standard InChI is InChI=1S/C12H15N3O/c1-3-5-13-9-12(16)15-8-11-7-14-6-4-10(11)2/h1,4,6-7,13H,5,8-9H2,2H3,(H,15,16). The van der Waals surface area contributed by atoms with Crippen molar-refractivity contribution >= 4 is 5.91 Å². The van der Waals surface area contributed by atoms with Gasteiger partial charge in [-0.2, -0.15) is 0 Å². The van der Waals surface area contributed by atoms with Crippen LogP contribution in [0.25, 0.3) is 0 Å². The maximum Gasteiger partial charge on any atom is 0.234 e. The Kier molecular flexibility index (Phi) is 5.03. The number of aromatic nitrogens is 1. The van der Waals surface area contributed by atoms with Gasteiger partial charge in [0, 0.05) is 18.9 Å². The van der Waals surface area contributed by atoms with Gasteiger partial charge in [0.25, 0.3) is 0 Å². The van der Waals surface area contributed by atoms with Crippen LogP contribution in [0.5, 0.6) is 0 Å². The Morgan fingerprint density at radius 1 is 1.62 bits per heavy atom. The van der Waals surface area contributed by atoms with Crippen molar-refractivity contribution in [1.82, 2.24) is 15.6 Å². The van der Waals surface area contributed by atoms with Gasteiger partial charge >= 0.3 is 0 Å². The van der Waals surface area contributed by atoms with Gasteiger partial charge in [-0.05, 0) is 24.1 Å². The SMILES string of the molecule is C#CCNCC(=O)NCc1cnccc1C. The van der Waals surface area contributed by atoms with Crippen molar-refractivity contribution in [3.05, 3.63) is 29.6 Å². The van der Waals surface area contributed by atoms with Gasteiger partial charge in [-0.3, -0.25) is 15.1 Å². The van der Waals surface area contributed by atoms with E-state index >= 15 is 0 Å². The fourth-order valence-corrected chi connectivity index (χ4v) is 1.19. The van der Waals surface area contributed by atoms with Crippen molar-refractivity contribution < 1.29 is 4.79 Å². The molecule has 2 N–H and O–H groups in total. The van der Waals surface area contributed by atoms with Crippen LogP contribution in [0.2, 0.25) is 0 Å². The molecule has 1 heterocycles. The molecule has 0 radical (unpaired) electrons. The van der Waals surface area contributed by atoms with Crippen LogP contribution in [0.4, 0.5) is 0 Å². The quantitative estimate of drug-likeness (QED) is 0.548. The van der Waals surface area contributed by atoms with Crippen molar-refractivity contribution in [2.75, 3.05) is 13.1 Å². The minimum atomic E-state index is -0.0708. The van der Waals surface area contributed by atoms with E-state index in [2.05, 4.69) is 21.5 Å². The predicted molar refractivity (Wildman–Crippen MR) is 62.5 cm³/mol. The Hall–Kier alpha value is -1.86. The minimum absolute atomic E-state index is 0.0708. The van der Waals surface area contributed by atoms with Gasteiger partial charge in [0.2, 0.25) is 5.91 Å². The fraction of sp³-hybridized carbons (Fsp3) is 0.333. The van der Waals surface area contributed by atoms with Crippen molar-refractivity contribution in [2.24, 2.45) is 0 Å². The number of carbonyl (C=O) groups is 1. The molecule has 1 rings (SSSR count). The molecule has 0 spiro atoms. The highest BCUT2D eigenvalue weighted by atomic mass is 16.1. The van der Waals surface area contributed by atoms with Gasteiger partial charge in [0.05, 0.1) is 13.1 Å². The lowest BCUT2D eigenvalue weighted by Crippen LogP contribution is -2.33. The summed E-state index contributed by atoms with van der Waals surface area (Å²) in [6.45, 7) is 3.12. The molecule has 0 unspecified atom stereocenters. The Balaban J connectivity index is 2.32. The van der Waals surface area contributed by atoms with E-state index in [9.17, 15) is 4.79 Å². The molecule has 0 fully saturated rings. The normalized spacial score (nSPS) is 9.50. The van der Waals surface area contributed by atoms with E-state index in [4.69, 9.17) is 6.42 Å². The van der Waals surface area contributed by atoms with Crippen LogP contribution in [0, 0.1) is 19.3 Å². The molecule has 1 amide bonds. The van der Waals surface area contributed by atoms with Crippen LogP contribution in [0.3, 0.4) is 0 Å². The molecule has 4 nitrogen and oxygen atoms in total. The van der Waals surface area contributed by atoms with E-state index in [0.29, 0.717) is 13.1 Å². The number of aryl methyl sites for hydroxylation is 1. The largest absolute Gasteiger partial charge is 0.351 e. The molecule has 1 aromatic heterocycles. The van der Waals surface area contributed by atoms with E-state index in [-0.39, 0.29) is 12.5 Å². The number of nitrogens with zero attached hydrogens (tertiary/aromatic N) is 1. The van der Waals surface area contributed by atoms with Crippen molar-refractivity contribution in [3.8, 4) is 12.3 Å². The molecule has 16 heavy (non-hydrogen) atoms. The van der Waals surface area contributed by atoms with Crippen molar-refractivity contribution in [1.29, 1.82) is 0 Å². The van der Waals surface area contributed by atoms with E-state index in [1.54, 1.807) is 12.4 Å². The average molecular weight is 217 g/mol. The molecule has 0 bridgehead atoms. The van der Waals surface area contributed by atoms with Gasteiger partial charge in [0.15, 0.2) is 0 Å². The first-order chi connectivity index (χ1) is 7.74. The lowest BCUT2D eigenvalue weighted by Gasteiger charge is -2.07. The third-order valence-corrected chi connectivity index (χ3v) is 2.14. The molecule has 0 saturated heterocycles. The van der Waals surface area contributed by atoms with Gasteiger partial charge in [-0.1, -0.05) is 5.92 Å². The van der Waals surface area contributed by atoms with Gasteiger partial charge in [-0.25, -0.2) is 0 Å². The number of hydrogen-bond donors (Lipinski definition) is 2. The van der Waals surface area contributed by atoms with Crippen LogP contribution >= 0.6 is 0 Å². The molecule has 4 heteroatoms. The zero-order chi connectivity index (χ0) is 11.8. The van der Waals surface area contributed by atoms with Crippen LogP contribution in [-0.2, 0) is 11.3 Å². The topological polar surface area (TPSA) is 54.0 Å². The smallest absolute Gasteiger partial charge is 0.234 e. The Morgan fingerprint density at radius 2 is 2.44 bits per heavy atom. The minimum Gasteiger partial charge on any atom is -0.351 e. The summed E-state index contributed by atoms with van der Waals surface area (Å²) in [7, 11) is 0. The van der Waals surface area contributed by atoms with Crippen LogP contribution in [0.1, 0.15) is 11.1 Å². The summed E-state index contributed by atoms with van der Waals surface area (Å²) in [5.74, 6) is 2.33. The Morgan fingerprint density at radius 3 is 3.12 bits per heavy atom. The number of amides is 1. The molecule has 1 aromatic rings. The highest BCUT2D eigenvalue weighted by Crippen LogP contribution is 2.03. The number of rotatable bonds is 5. The number of pyridine rings is 1. The zero-order valence-corrected chi connectivity index (χ0v) is 9.29. The highest BCUT2D eigenvalue weighted by molar-refractivity contribution is 5.78. The molecular weight excluding hydrogens is 202 g/mol. The second kappa shape index (κ2) is 6.59. The summed E-state index contributed by atoms with van der Waals surface area (Å²) in [6.07, 6.45) is 8.53. The number of terminal acetylenes is 1. The summed E-state index contributed by atoms with van der Waals surface area (Å²) < 4.78 is 0. The lowest BCUT2D eigenvalue weighted by molar-refractivity contribution is -0.120. The first kappa shape index (κ1) is 12.2. The van der Waals surface area contributed by atoms with E-state index in [1.165, 1.54) is 0 Å². The molecular formula is C12H15N3O.